The Morgan fingerprint density at radius 3 is 2.94 bits per heavy atom. The van der Waals surface area contributed by atoms with Gasteiger partial charge in [-0.3, -0.25) is 4.90 Å². The van der Waals surface area contributed by atoms with Crippen LogP contribution < -0.4 is 0 Å². The lowest BCUT2D eigenvalue weighted by Crippen LogP contribution is -2.38. The fourth-order valence-corrected chi connectivity index (χ4v) is 2.89. The van der Waals surface area contributed by atoms with E-state index < -0.39 is 0 Å². The molecule has 0 bridgehead atoms. The van der Waals surface area contributed by atoms with Crippen LogP contribution in [-0.2, 0) is 13.0 Å². The summed E-state index contributed by atoms with van der Waals surface area (Å²) in [6.07, 6.45) is 5.81. The van der Waals surface area contributed by atoms with Gasteiger partial charge in [-0.05, 0) is 36.9 Å². The molecule has 1 atom stereocenters. The van der Waals surface area contributed by atoms with Gasteiger partial charge >= 0.3 is 0 Å². The molecule has 1 aromatic rings. The third-order valence-corrected chi connectivity index (χ3v) is 3.88. The highest BCUT2D eigenvalue weighted by Gasteiger charge is 2.20. The third kappa shape index (κ3) is 3.34. The molecule has 18 heavy (non-hydrogen) atoms. The van der Waals surface area contributed by atoms with Gasteiger partial charge in [0.1, 0.15) is 0 Å². The average molecular weight is 242 g/mol. The zero-order valence-corrected chi connectivity index (χ0v) is 11.2. The van der Waals surface area contributed by atoms with Crippen molar-refractivity contribution in [1.29, 1.82) is 5.26 Å². The first-order valence-corrected chi connectivity index (χ1v) is 7.02. The summed E-state index contributed by atoms with van der Waals surface area (Å²) < 4.78 is 0. The lowest BCUT2D eigenvalue weighted by atomic mass is 9.99. The van der Waals surface area contributed by atoms with Crippen LogP contribution in [0.4, 0.5) is 0 Å². The summed E-state index contributed by atoms with van der Waals surface area (Å²) >= 11 is 0. The van der Waals surface area contributed by atoms with E-state index in [2.05, 4.69) is 36.1 Å². The average Bonchev–Trinajstić information content (AvgIpc) is 2.40. The lowest BCUT2D eigenvalue weighted by Gasteiger charge is -2.35. The quantitative estimate of drug-likeness (QED) is 0.807. The highest BCUT2D eigenvalue weighted by molar-refractivity contribution is 5.25. The predicted octanol–water partition coefficient (Wildman–Crippen LogP) is 3.52. The van der Waals surface area contributed by atoms with Gasteiger partial charge in [0.15, 0.2) is 0 Å². The number of nitrogens with zero attached hydrogens (tertiary/aromatic N) is 2. The first-order chi connectivity index (χ1) is 8.83. The summed E-state index contributed by atoms with van der Waals surface area (Å²) in [7, 11) is 0. The molecule has 96 valence electrons. The zero-order chi connectivity index (χ0) is 12.8. The molecule has 0 N–H and O–H groups in total. The Balaban J connectivity index is 2.03. The summed E-state index contributed by atoms with van der Waals surface area (Å²) in [6, 6.07) is 11.5. The summed E-state index contributed by atoms with van der Waals surface area (Å²) in [5, 5.41) is 8.75. The molecule has 1 aliphatic rings. The van der Waals surface area contributed by atoms with Crippen LogP contribution in [-0.4, -0.2) is 17.5 Å². The van der Waals surface area contributed by atoms with Gasteiger partial charge in [0.2, 0.25) is 0 Å². The van der Waals surface area contributed by atoms with Crippen LogP contribution >= 0.6 is 0 Å². The van der Waals surface area contributed by atoms with Gasteiger partial charge in [0.05, 0.1) is 12.5 Å². The van der Waals surface area contributed by atoms with Gasteiger partial charge in [-0.15, -0.1) is 0 Å². The maximum Gasteiger partial charge on any atom is 0.0669 e. The number of likely N-dealkylation sites (tertiary alicyclic amines) is 1. The monoisotopic (exact) mass is 242 g/mol. The second-order valence-corrected chi connectivity index (χ2v) is 5.18. The Bertz CT molecular complexity index is 419. The number of hydrogen-bond acceptors (Lipinski definition) is 2. The van der Waals surface area contributed by atoms with E-state index in [0.29, 0.717) is 6.42 Å². The molecule has 2 rings (SSSR count). The van der Waals surface area contributed by atoms with E-state index in [1.54, 1.807) is 0 Å². The number of hydrogen-bond donors (Lipinski definition) is 0. The highest BCUT2D eigenvalue weighted by Crippen LogP contribution is 2.22. The van der Waals surface area contributed by atoms with E-state index >= 15 is 0 Å². The number of nitriles is 1. The topological polar surface area (TPSA) is 27.0 Å². The van der Waals surface area contributed by atoms with Crippen molar-refractivity contribution in [2.24, 2.45) is 0 Å². The SMILES string of the molecule is CCC1CCCCN1Cc1cccc(CC#N)c1. The highest BCUT2D eigenvalue weighted by atomic mass is 15.2. The maximum atomic E-state index is 8.75. The summed E-state index contributed by atoms with van der Waals surface area (Å²) in [5.41, 5.74) is 2.49. The molecular weight excluding hydrogens is 220 g/mol. The minimum Gasteiger partial charge on any atom is -0.296 e. The van der Waals surface area contributed by atoms with Crippen LogP contribution in [0.3, 0.4) is 0 Å². The Labute approximate surface area is 110 Å². The smallest absolute Gasteiger partial charge is 0.0669 e. The Hall–Kier alpha value is -1.33. The predicted molar refractivity (Wildman–Crippen MR) is 74.1 cm³/mol. The molecule has 2 heteroatoms. The van der Waals surface area contributed by atoms with E-state index in [4.69, 9.17) is 5.26 Å². The fraction of sp³-hybridized carbons (Fsp3) is 0.562. The van der Waals surface area contributed by atoms with Crippen molar-refractivity contribution in [2.75, 3.05) is 6.54 Å². The minimum absolute atomic E-state index is 0.519. The van der Waals surface area contributed by atoms with Gasteiger partial charge in [-0.1, -0.05) is 37.6 Å². The van der Waals surface area contributed by atoms with Crippen molar-refractivity contribution in [3.63, 3.8) is 0 Å². The molecular formula is C16H22N2. The van der Waals surface area contributed by atoms with Crippen molar-refractivity contribution in [3.8, 4) is 6.07 Å². The van der Waals surface area contributed by atoms with E-state index in [1.165, 1.54) is 37.8 Å². The van der Waals surface area contributed by atoms with Gasteiger partial charge in [-0.25, -0.2) is 0 Å². The van der Waals surface area contributed by atoms with E-state index in [-0.39, 0.29) is 0 Å². The van der Waals surface area contributed by atoms with Gasteiger partial charge in [0.25, 0.3) is 0 Å². The standard InChI is InChI=1S/C16H22N2/c1-2-16-8-3-4-11-18(16)13-15-7-5-6-14(12-15)9-10-17/h5-7,12,16H,2-4,8-9,11,13H2,1H3. The van der Waals surface area contributed by atoms with Crippen LogP contribution in [0.25, 0.3) is 0 Å². The maximum absolute atomic E-state index is 8.75. The largest absolute Gasteiger partial charge is 0.296 e. The molecule has 2 nitrogen and oxygen atoms in total. The van der Waals surface area contributed by atoms with Crippen molar-refractivity contribution in [2.45, 2.75) is 51.6 Å². The van der Waals surface area contributed by atoms with Gasteiger partial charge in [-0.2, -0.15) is 5.26 Å². The molecule has 0 amide bonds. The molecule has 1 fully saturated rings. The van der Waals surface area contributed by atoms with Crippen LogP contribution in [0.2, 0.25) is 0 Å². The first kappa shape index (κ1) is 13.1. The van der Waals surface area contributed by atoms with Crippen LogP contribution in [0.1, 0.15) is 43.7 Å². The van der Waals surface area contributed by atoms with Crippen molar-refractivity contribution in [3.05, 3.63) is 35.4 Å². The van der Waals surface area contributed by atoms with Crippen LogP contribution in [0.15, 0.2) is 24.3 Å². The Morgan fingerprint density at radius 2 is 2.17 bits per heavy atom. The molecule has 1 unspecified atom stereocenters. The normalized spacial score (nSPS) is 20.6. The Morgan fingerprint density at radius 1 is 1.33 bits per heavy atom. The summed E-state index contributed by atoms with van der Waals surface area (Å²) in [4.78, 5) is 2.61. The van der Waals surface area contributed by atoms with Gasteiger partial charge < -0.3 is 0 Å². The second-order valence-electron chi connectivity index (χ2n) is 5.18. The van der Waals surface area contributed by atoms with Crippen molar-refractivity contribution >= 4 is 0 Å². The second kappa shape index (κ2) is 6.56. The lowest BCUT2D eigenvalue weighted by molar-refractivity contribution is 0.136. The molecule has 0 saturated carbocycles. The van der Waals surface area contributed by atoms with E-state index in [9.17, 15) is 0 Å². The number of piperidine rings is 1. The molecule has 0 aliphatic carbocycles. The van der Waals surface area contributed by atoms with Crippen LogP contribution in [0, 0.1) is 11.3 Å². The van der Waals surface area contributed by atoms with E-state index in [0.717, 1.165) is 18.2 Å². The molecule has 1 aliphatic heterocycles. The number of rotatable bonds is 4. The van der Waals surface area contributed by atoms with Crippen LogP contribution in [0.5, 0.6) is 0 Å². The molecule has 0 spiro atoms. The zero-order valence-electron chi connectivity index (χ0n) is 11.2. The van der Waals surface area contributed by atoms with E-state index in [1.807, 2.05) is 6.07 Å². The van der Waals surface area contributed by atoms with Crippen molar-refractivity contribution in [1.82, 2.24) is 4.90 Å². The number of benzene rings is 1. The first-order valence-electron chi connectivity index (χ1n) is 7.02. The molecule has 0 aromatic heterocycles. The fourth-order valence-electron chi connectivity index (χ4n) is 2.89. The molecule has 1 heterocycles. The summed E-state index contributed by atoms with van der Waals surface area (Å²) in [6.45, 7) is 4.55. The van der Waals surface area contributed by atoms with Crippen molar-refractivity contribution < 1.29 is 0 Å². The third-order valence-electron chi connectivity index (χ3n) is 3.88. The molecule has 0 radical (unpaired) electrons. The molecule has 1 aromatic carbocycles. The summed E-state index contributed by atoms with van der Waals surface area (Å²) in [5.74, 6) is 0. The molecule has 1 saturated heterocycles. The Kier molecular flexibility index (Phi) is 4.78. The van der Waals surface area contributed by atoms with Gasteiger partial charge in [0, 0.05) is 12.6 Å². The minimum atomic E-state index is 0.519.